The van der Waals surface area contributed by atoms with Crippen molar-refractivity contribution in [1.29, 1.82) is 0 Å². The van der Waals surface area contributed by atoms with Crippen molar-refractivity contribution in [2.45, 2.75) is 0 Å². The van der Waals surface area contributed by atoms with Gasteiger partial charge in [-0.25, -0.2) is 4.39 Å². The van der Waals surface area contributed by atoms with Gasteiger partial charge in [-0.05, 0) is 29.7 Å². The number of aromatic nitrogens is 1. The summed E-state index contributed by atoms with van der Waals surface area (Å²) in [6.07, 6.45) is 1.55. The molecule has 0 spiro atoms. The van der Waals surface area contributed by atoms with Crippen LogP contribution >= 0.6 is 11.6 Å². The Hall–Kier alpha value is -2.26. The number of hydrogen-bond acceptors (Lipinski definition) is 2. The van der Waals surface area contributed by atoms with Crippen molar-refractivity contribution in [2.24, 2.45) is 0 Å². The minimum atomic E-state index is -0.641. The molecule has 0 saturated heterocycles. The second-order valence-corrected chi connectivity index (χ2v) is 4.77. The Morgan fingerprint density at radius 3 is 2.70 bits per heavy atom. The fourth-order valence-electron chi connectivity index (χ4n) is 2.10. The van der Waals surface area contributed by atoms with Crippen LogP contribution in [0.3, 0.4) is 0 Å². The number of halogens is 2. The van der Waals surface area contributed by atoms with Gasteiger partial charge in [-0.2, -0.15) is 0 Å². The molecule has 20 heavy (non-hydrogen) atoms. The number of benzene rings is 2. The smallest absolute Gasteiger partial charge is 0.214 e. The van der Waals surface area contributed by atoms with Crippen molar-refractivity contribution in [3.63, 3.8) is 0 Å². The first kappa shape index (κ1) is 12.8. The van der Waals surface area contributed by atoms with Gasteiger partial charge in [0.05, 0.1) is 5.56 Å². The summed E-state index contributed by atoms with van der Waals surface area (Å²) in [6, 6.07) is 13.2. The van der Waals surface area contributed by atoms with E-state index in [4.69, 9.17) is 11.6 Å². The van der Waals surface area contributed by atoms with Gasteiger partial charge in [-0.15, -0.1) is 0 Å². The maximum Gasteiger partial charge on any atom is 0.214 e. The Bertz CT molecular complexity index is 811. The maximum absolute atomic E-state index is 13.9. The molecule has 0 aliphatic heterocycles. The highest BCUT2D eigenvalue weighted by Crippen LogP contribution is 2.22. The summed E-state index contributed by atoms with van der Waals surface area (Å²) in [5.74, 6) is -1.09. The van der Waals surface area contributed by atoms with Crippen LogP contribution in [0.4, 0.5) is 4.39 Å². The van der Waals surface area contributed by atoms with Crippen LogP contribution in [0.25, 0.3) is 10.8 Å². The quantitative estimate of drug-likeness (QED) is 0.659. The molecule has 3 rings (SSSR count). The molecule has 4 heteroatoms. The van der Waals surface area contributed by atoms with Crippen molar-refractivity contribution in [1.82, 2.24) is 4.98 Å². The minimum absolute atomic E-state index is 0.0294. The van der Waals surface area contributed by atoms with E-state index in [1.807, 2.05) is 24.3 Å². The van der Waals surface area contributed by atoms with E-state index in [9.17, 15) is 9.18 Å². The van der Waals surface area contributed by atoms with Gasteiger partial charge >= 0.3 is 0 Å². The highest BCUT2D eigenvalue weighted by atomic mass is 35.5. The molecule has 98 valence electrons. The summed E-state index contributed by atoms with van der Waals surface area (Å²) in [5.41, 5.74) is 0.211. The zero-order valence-corrected chi connectivity index (χ0v) is 11.1. The second kappa shape index (κ2) is 5.02. The van der Waals surface area contributed by atoms with E-state index >= 15 is 0 Å². The monoisotopic (exact) mass is 285 g/mol. The van der Waals surface area contributed by atoms with Gasteiger partial charge in [0, 0.05) is 16.6 Å². The molecule has 0 radical (unpaired) electrons. The van der Waals surface area contributed by atoms with Crippen molar-refractivity contribution in [3.8, 4) is 0 Å². The first-order valence-corrected chi connectivity index (χ1v) is 6.38. The minimum Gasteiger partial charge on any atom is -0.287 e. The van der Waals surface area contributed by atoms with Crippen molar-refractivity contribution in [3.05, 3.63) is 76.8 Å². The molecule has 3 aromatic rings. The standard InChI is InChI=1S/C16H9ClFNO/c17-11-5-6-13(14(18)9-11)16(20)15-12-4-2-1-3-10(12)7-8-19-15/h1-9H. The number of fused-ring (bicyclic) bond motifs is 1. The number of ketones is 1. The van der Waals surface area contributed by atoms with Crippen LogP contribution in [0.15, 0.2) is 54.7 Å². The van der Waals surface area contributed by atoms with Crippen LogP contribution < -0.4 is 0 Å². The molecular weight excluding hydrogens is 277 g/mol. The molecule has 1 heterocycles. The molecule has 0 saturated carbocycles. The Morgan fingerprint density at radius 1 is 1.10 bits per heavy atom. The van der Waals surface area contributed by atoms with Gasteiger partial charge in [0.25, 0.3) is 0 Å². The maximum atomic E-state index is 13.9. The largest absolute Gasteiger partial charge is 0.287 e. The lowest BCUT2D eigenvalue weighted by atomic mass is 10.0. The lowest BCUT2D eigenvalue weighted by Gasteiger charge is -2.06. The van der Waals surface area contributed by atoms with E-state index < -0.39 is 11.6 Å². The second-order valence-electron chi connectivity index (χ2n) is 4.33. The van der Waals surface area contributed by atoms with Crippen LogP contribution in [-0.4, -0.2) is 10.8 Å². The lowest BCUT2D eigenvalue weighted by Crippen LogP contribution is -2.07. The Morgan fingerprint density at radius 2 is 1.90 bits per heavy atom. The molecule has 0 atom stereocenters. The van der Waals surface area contributed by atoms with Crippen LogP contribution in [0.5, 0.6) is 0 Å². The zero-order chi connectivity index (χ0) is 14.1. The Kier molecular flexibility index (Phi) is 3.20. The van der Waals surface area contributed by atoms with E-state index in [-0.39, 0.29) is 16.3 Å². The predicted molar refractivity (Wildman–Crippen MR) is 76.6 cm³/mol. The Balaban J connectivity index is 2.18. The van der Waals surface area contributed by atoms with Crippen molar-refractivity contribution >= 4 is 28.2 Å². The summed E-state index contributed by atoms with van der Waals surface area (Å²) < 4.78 is 13.9. The molecule has 0 aliphatic rings. The fraction of sp³-hybridized carbons (Fsp3) is 0. The number of carbonyl (C=O) groups excluding carboxylic acids is 1. The molecule has 0 fully saturated rings. The molecule has 0 amide bonds. The van der Waals surface area contributed by atoms with Gasteiger partial charge in [-0.3, -0.25) is 9.78 Å². The molecular formula is C16H9ClFNO. The van der Waals surface area contributed by atoms with Crippen molar-refractivity contribution < 1.29 is 9.18 Å². The summed E-state index contributed by atoms with van der Waals surface area (Å²) in [7, 11) is 0. The zero-order valence-electron chi connectivity index (χ0n) is 10.3. The molecule has 2 nitrogen and oxygen atoms in total. The summed E-state index contributed by atoms with van der Waals surface area (Å²) in [6.45, 7) is 0. The topological polar surface area (TPSA) is 30.0 Å². The van der Waals surface area contributed by atoms with E-state index in [1.54, 1.807) is 12.3 Å². The normalized spacial score (nSPS) is 10.7. The predicted octanol–water partition coefficient (Wildman–Crippen LogP) is 4.26. The van der Waals surface area contributed by atoms with Crippen LogP contribution in [-0.2, 0) is 0 Å². The molecule has 0 bridgehead atoms. The third kappa shape index (κ3) is 2.17. The average Bonchev–Trinajstić information content (AvgIpc) is 2.46. The molecule has 2 aromatic carbocycles. The molecule has 0 N–H and O–H groups in total. The first-order chi connectivity index (χ1) is 9.66. The van der Waals surface area contributed by atoms with E-state index in [2.05, 4.69) is 4.98 Å². The molecule has 1 aromatic heterocycles. The highest BCUT2D eigenvalue weighted by molar-refractivity contribution is 6.30. The number of carbonyl (C=O) groups is 1. The highest BCUT2D eigenvalue weighted by Gasteiger charge is 2.17. The average molecular weight is 286 g/mol. The summed E-state index contributed by atoms with van der Waals surface area (Å²) in [5, 5.41) is 1.85. The van der Waals surface area contributed by atoms with E-state index in [0.717, 1.165) is 11.5 Å². The number of rotatable bonds is 2. The van der Waals surface area contributed by atoms with E-state index in [0.29, 0.717) is 5.39 Å². The lowest BCUT2D eigenvalue weighted by molar-refractivity contribution is 0.103. The van der Waals surface area contributed by atoms with Crippen LogP contribution in [0, 0.1) is 5.82 Å². The van der Waals surface area contributed by atoms with Crippen LogP contribution in [0.1, 0.15) is 16.1 Å². The third-order valence-electron chi connectivity index (χ3n) is 3.06. The van der Waals surface area contributed by atoms with Gasteiger partial charge in [0.15, 0.2) is 0 Å². The molecule has 0 unspecified atom stereocenters. The van der Waals surface area contributed by atoms with E-state index in [1.165, 1.54) is 12.1 Å². The van der Waals surface area contributed by atoms with Crippen molar-refractivity contribution in [2.75, 3.05) is 0 Å². The van der Waals surface area contributed by atoms with Gasteiger partial charge in [0.2, 0.25) is 5.78 Å². The summed E-state index contributed by atoms with van der Waals surface area (Å²) in [4.78, 5) is 16.5. The fourth-order valence-corrected chi connectivity index (χ4v) is 2.26. The number of nitrogens with zero attached hydrogens (tertiary/aromatic N) is 1. The van der Waals surface area contributed by atoms with Gasteiger partial charge < -0.3 is 0 Å². The Labute approximate surface area is 119 Å². The first-order valence-electron chi connectivity index (χ1n) is 6.00. The SMILES string of the molecule is O=C(c1ccc(Cl)cc1F)c1nccc2ccccc12. The van der Waals surface area contributed by atoms with Gasteiger partial charge in [0.1, 0.15) is 11.5 Å². The van der Waals surface area contributed by atoms with Gasteiger partial charge in [-0.1, -0.05) is 35.9 Å². The number of hydrogen-bond donors (Lipinski definition) is 0. The van der Waals surface area contributed by atoms with Crippen LogP contribution in [0.2, 0.25) is 5.02 Å². The summed E-state index contributed by atoms with van der Waals surface area (Å²) >= 11 is 5.70. The number of pyridine rings is 1. The third-order valence-corrected chi connectivity index (χ3v) is 3.30. The molecule has 0 aliphatic carbocycles.